The first-order valence-electron chi connectivity index (χ1n) is 7.26. The third-order valence-corrected chi connectivity index (χ3v) is 5.28. The van der Waals surface area contributed by atoms with Crippen LogP contribution in [0.5, 0.6) is 0 Å². The minimum Gasteiger partial charge on any atom is -0.377 e. The van der Waals surface area contributed by atoms with Gasteiger partial charge in [0.2, 0.25) is 10.0 Å². The monoisotopic (exact) mass is 313 g/mol. The largest absolute Gasteiger partial charge is 0.377 e. The second-order valence-corrected chi connectivity index (χ2v) is 7.14. The highest BCUT2D eigenvalue weighted by Gasteiger charge is 2.38. The van der Waals surface area contributed by atoms with Crippen LogP contribution in [-0.2, 0) is 14.8 Å². The van der Waals surface area contributed by atoms with Crippen molar-refractivity contribution < 1.29 is 13.2 Å². The minimum absolute atomic E-state index is 0.224. The van der Waals surface area contributed by atoms with Crippen molar-refractivity contribution in [1.29, 1.82) is 0 Å². The number of methoxy groups -OCH3 is 1. The van der Waals surface area contributed by atoms with Crippen LogP contribution < -0.4 is 10.0 Å². The van der Waals surface area contributed by atoms with E-state index in [0.717, 1.165) is 32.2 Å². The van der Waals surface area contributed by atoms with Gasteiger partial charge in [-0.25, -0.2) is 18.1 Å². The number of sulfonamides is 1. The normalized spacial score (nSPS) is 17.2. The second-order valence-electron chi connectivity index (χ2n) is 5.37. The van der Waals surface area contributed by atoms with Crippen LogP contribution >= 0.6 is 0 Å². The summed E-state index contributed by atoms with van der Waals surface area (Å²) < 4.78 is 32.8. The molecule has 0 spiro atoms. The van der Waals surface area contributed by atoms with E-state index >= 15 is 0 Å². The summed E-state index contributed by atoms with van der Waals surface area (Å²) in [6.45, 7) is 3.11. The molecule has 0 aliphatic heterocycles. The fourth-order valence-corrected chi connectivity index (χ4v) is 3.39. The van der Waals surface area contributed by atoms with Crippen molar-refractivity contribution in [3.05, 3.63) is 18.3 Å². The first kappa shape index (κ1) is 16.2. The number of nitrogens with one attached hydrogen (secondary N) is 2. The Hall–Kier alpha value is -1.18. The molecule has 1 heterocycles. The van der Waals surface area contributed by atoms with E-state index in [1.54, 1.807) is 13.2 Å². The number of pyridine rings is 1. The summed E-state index contributed by atoms with van der Waals surface area (Å²) >= 11 is 0. The van der Waals surface area contributed by atoms with Gasteiger partial charge in [-0.2, -0.15) is 0 Å². The molecule has 1 aromatic heterocycles. The molecule has 0 saturated heterocycles. The van der Waals surface area contributed by atoms with Gasteiger partial charge >= 0.3 is 0 Å². The molecule has 21 heavy (non-hydrogen) atoms. The van der Waals surface area contributed by atoms with E-state index < -0.39 is 10.0 Å². The average molecular weight is 313 g/mol. The molecule has 2 N–H and O–H groups in total. The highest BCUT2D eigenvalue weighted by Crippen LogP contribution is 2.34. The van der Waals surface area contributed by atoms with Gasteiger partial charge < -0.3 is 10.1 Å². The molecule has 1 aliphatic carbocycles. The number of nitrogens with zero attached hydrogens (tertiary/aromatic N) is 1. The van der Waals surface area contributed by atoms with E-state index in [4.69, 9.17) is 4.74 Å². The van der Waals surface area contributed by atoms with Crippen molar-refractivity contribution in [3.63, 3.8) is 0 Å². The molecule has 7 heteroatoms. The van der Waals surface area contributed by atoms with Crippen molar-refractivity contribution in [3.8, 4) is 0 Å². The van der Waals surface area contributed by atoms with Gasteiger partial charge in [0.1, 0.15) is 5.82 Å². The lowest BCUT2D eigenvalue weighted by Crippen LogP contribution is -2.49. The van der Waals surface area contributed by atoms with Crippen molar-refractivity contribution >= 4 is 15.8 Å². The van der Waals surface area contributed by atoms with Crippen LogP contribution in [0.3, 0.4) is 0 Å². The molecule has 0 amide bonds. The van der Waals surface area contributed by atoms with Crippen LogP contribution in [0, 0.1) is 0 Å². The van der Waals surface area contributed by atoms with E-state index in [1.807, 2.05) is 6.92 Å². The van der Waals surface area contributed by atoms with Crippen molar-refractivity contribution in [2.24, 2.45) is 0 Å². The van der Waals surface area contributed by atoms with Crippen LogP contribution in [-0.4, -0.2) is 39.2 Å². The van der Waals surface area contributed by atoms with Crippen molar-refractivity contribution in [1.82, 2.24) is 9.71 Å². The Morgan fingerprint density at radius 3 is 2.76 bits per heavy atom. The van der Waals surface area contributed by atoms with Crippen LogP contribution in [0.25, 0.3) is 0 Å². The molecule has 0 bridgehead atoms. The number of hydrogen-bond donors (Lipinski definition) is 2. The molecular formula is C14H23N3O3S. The predicted molar refractivity (Wildman–Crippen MR) is 81.8 cm³/mol. The van der Waals surface area contributed by atoms with E-state index in [-0.39, 0.29) is 10.5 Å². The molecule has 1 aromatic rings. The molecule has 1 aliphatic rings. The van der Waals surface area contributed by atoms with Gasteiger partial charge in [-0.1, -0.05) is 6.92 Å². The Bertz CT molecular complexity index is 565. The molecule has 0 radical (unpaired) electrons. The van der Waals surface area contributed by atoms with Crippen LogP contribution in [0.15, 0.2) is 23.2 Å². The molecule has 2 rings (SSSR count). The quantitative estimate of drug-likeness (QED) is 0.764. The highest BCUT2D eigenvalue weighted by atomic mass is 32.2. The van der Waals surface area contributed by atoms with Crippen molar-refractivity contribution in [2.45, 2.75) is 43.1 Å². The fourth-order valence-electron chi connectivity index (χ4n) is 2.26. The zero-order chi connectivity index (χ0) is 15.3. The molecule has 0 aromatic carbocycles. The number of hydrogen-bond acceptors (Lipinski definition) is 5. The second kappa shape index (κ2) is 6.72. The minimum atomic E-state index is -3.54. The SMILES string of the molecule is CCCNc1cc(S(=O)(=O)NCC2(OC)CCC2)ccn1. The van der Waals surface area contributed by atoms with Gasteiger partial charge in [0.05, 0.1) is 10.5 Å². The average Bonchev–Trinajstić information content (AvgIpc) is 2.45. The Morgan fingerprint density at radius 1 is 1.43 bits per heavy atom. The molecule has 118 valence electrons. The van der Waals surface area contributed by atoms with Crippen LogP contribution in [0.2, 0.25) is 0 Å². The Labute approximate surface area is 126 Å². The van der Waals surface area contributed by atoms with Gasteiger partial charge in [0.15, 0.2) is 0 Å². The zero-order valence-corrected chi connectivity index (χ0v) is 13.4. The summed E-state index contributed by atoms with van der Waals surface area (Å²) in [6.07, 6.45) is 5.32. The predicted octanol–water partition coefficient (Wildman–Crippen LogP) is 1.75. The van der Waals surface area contributed by atoms with Gasteiger partial charge in [0.25, 0.3) is 0 Å². The Morgan fingerprint density at radius 2 is 2.19 bits per heavy atom. The Balaban J connectivity index is 2.04. The molecule has 0 atom stereocenters. The summed E-state index contributed by atoms with van der Waals surface area (Å²) in [7, 11) is -1.91. The number of ether oxygens (including phenoxy) is 1. The smallest absolute Gasteiger partial charge is 0.240 e. The molecular weight excluding hydrogens is 290 g/mol. The van der Waals surface area contributed by atoms with E-state index in [1.165, 1.54) is 12.3 Å². The van der Waals surface area contributed by atoms with Gasteiger partial charge in [-0.15, -0.1) is 0 Å². The molecule has 0 unspecified atom stereocenters. The molecule has 1 saturated carbocycles. The summed E-state index contributed by atoms with van der Waals surface area (Å²) in [5, 5.41) is 3.08. The third kappa shape index (κ3) is 3.93. The van der Waals surface area contributed by atoms with E-state index in [2.05, 4.69) is 15.0 Å². The zero-order valence-electron chi connectivity index (χ0n) is 12.6. The summed E-state index contributed by atoms with van der Waals surface area (Å²) in [4.78, 5) is 4.34. The standard InChI is InChI=1S/C14H23N3O3S/c1-3-8-15-13-10-12(5-9-16-13)21(18,19)17-11-14(20-2)6-4-7-14/h5,9-10,17H,3-4,6-8,11H2,1-2H3,(H,15,16). The maximum absolute atomic E-state index is 12.3. The fraction of sp³-hybridized carbons (Fsp3) is 0.643. The lowest BCUT2D eigenvalue weighted by atomic mass is 9.80. The first-order valence-corrected chi connectivity index (χ1v) is 8.74. The van der Waals surface area contributed by atoms with Gasteiger partial charge in [0, 0.05) is 32.5 Å². The Kier molecular flexibility index (Phi) is 5.18. The lowest BCUT2D eigenvalue weighted by Gasteiger charge is -2.40. The number of anilines is 1. The molecule has 1 fully saturated rings. The van der Waals surface area contributed by atoms with Crippen LogP contribution in [0.1, 0.15) is 32.6 Å². The maximum atomic E-state index is 12.3. The molecule has 6 nitrogen and oxygen atoms in total. The summed E-state index contributed by atoms with van der Waals surface area (Å²) in [5.41, 5.74) is -0.330. The lowest BCUT2D eigenvalue weighted by molar-refractivity contribution is -0.0659. The van der Waals surface area contributed by atoms with Crippen LogP contribution in [0.4, 0.5) is 5.82 Å². The van der Waals surface area contributed by atoms with E-state index in [9.17, 15) is 8.42 Å². The van der Waals surface area contributed by atoms with E-state index in [0.29, 0.717) is 12.4 Å². The number of rotatable bonds is 8. The third-order valence-electron chi connectivity index (χ3n) is 3.88. The van der Waals surface area contributed by atoms with Crippen molar-refractivity contribution in [2.75, 3.05) is 25.5 Å². The highest BCUT2D eigenvalue weighted by molar-refractivity contribution is 7.89. The number of aromatic nitrogens is 1. The first-order chi connectivity index (χ1) is 10.0. The summed E-state index contributed by atoms with van der Waals surface area (Å²) in [6, 6.07) is 3.05. The van der Waals surface area contributed by atoms with Gasteiger partial charge in [-0.05, 0) is 31.7 Å². The topological polar surface area (TPSA) is 80.3 Å². The summed E-state index contributed by atoms with van der Waals surface area (Å²) in [5.74, 6) is 0.574. The maximum Gasteiger partial charge on any atom is 0.240 e. The van der Waals surface area contributed by atoms with Gasteiger partial charge in [-0.3, -0.25) is 0 Å².